The van der Waals surface area contributed by atoms with Gasteiger partial charge in [0.25, 0.3) is 0 Å². The zero-order valence-electron chi connectivity index (χ0n) is 34.6. The summed E-state index contributed by atoms with van der Waals surface area (Å²) in [6.07, 6.45) is 0.526. The summed E-state index contributed by atoms with van der Waals surface area (Å²) in [4.78, 5) is 42.7. The number of ketones is 1. The molecule has 0 radical (unpaired) electrons. The van der Waals surface area contributed by atoms with Crippen LogP contribution in [-0.4, -0.2) is 59.4 Å². The average molecular weight is 936 g/mol. The first kappa shape index (κ1) is 46.9. The number of ether oxygens (including phenoxy) is 1. The molecule has 5 rings (SSSR count). The Morgan fingerprint density at radius 2 is 1.38 bits per heavy atom. The van der Waals surface area contributed by atoms with Crippen molar-refractivity contribution in [2.24, 2.45) is 0 Å². The number of halogens is 3. The molecule has 0 spiro atoms. The number of benzene rings is 4. The number of carbonyl (C=O) groups is 3. The van der Waals surface area contributed by atoms with Crippen LogP contribution in [0.4, 0.5) is 11.4 Å². The molecule has 2 atom stereocenters. The maximum atomic E-state index is 13.0. The summed E-state index contributed by atoms with van der Waals surface area (Å²) in [5.74, 6) is -0.149. The normalized spacial score (nSPS) is 14.3. The van der Waals surface area contributed by atoms with Gasteiger partial charge in [-0.05, 0) is 75.8 Å². The Hall–Kier alpha value is -3.75. The SMILES string of the molecule is CC(C)Oc1ccccc1[CH]=[Ru]([Cl])[Cl].Cc1cc(C)c(N2[CH-]N(c3c(C)cc(C)cc3C)C(CNC(=O)CCC(=O)NC(Cc3ccccc3)C(=O)CCl)C2)c(C)c1. The molecule has 4 aromatic rings. The molecule has 0 bridgehead atoms. The molecule has 0 saturated carbocycles. The molecule has 58 heavy (non-hydrogen) atoms. The number of nitrogens with zero attached hydrogens (tertiary/aromatic N) is 2. The van der Waals surface area contributed by atoms with E-state index in [0.29, 0.717) is 19.5 Å². The Balaban J connectivity index is 0.000000448. The van der Waals surface area contributed by atoms with E-state index in [0.717, 1.165) is 22.6 Å². The van der Waals surface area contributed by atoms with Crippen molar-refractivity contribution < 1.29 is 32.6 Å². The van der Waals surface area contributed by atoms with Gasteiger partial charge in [-0.3, -0.25) is 14.4 Å². The Morgan fingerprint density at radius 3 is 1.95 bits per heavy atom. The Morgan fingerprint density at radius 1 is 0.828 bits per heavy atom. The van der Waals surface area contributed by atoms with Gasteiger partial charge >= 0.3 is 97.8 Å². The number of hydrogen-bond acceptors (Lipinski definition) is 6. The molecule has 0 aromatic heterocycles. The van der Waals surface area contributed by atoms with Crippen molar-refractivity contribution in [1.29, 1.82) is 0 Å². The van der Waals surface area contributed by atoms with Gasteiger partial charge in [0, 0.05) is 43.3 Å². The number of rotatable bonds is 15. The molecule has 1 heterocycles. The summed E-state index contributed by atoms with van der Waals surface area (Å²) < 4.78 is 7.51. The second-order valence-electron chi connectivity index (χ2n) is 15.0. The van der Waals surface area contributed by atoms with Gasteiger partial charge in [-0.1, -0.05) is 65.7 Å². The first-order valence-corrected chi connectivity index (χ1v) is 25.4. The number of alkyl halides is 1. The summed E-state index contributed by atoms with van der Waals surface area (Å²) in [5, 5.41) is 5.85. The quantitative estimate of drug-likeness (QED) is 0.0702. The number of carbonyl (C=O) groups excluding carboxylic acids is 3. The van der Waals surface area contributed by atoms with Crippen LogP contribution in [0.25, 0.3) is 0 Å². The molecule has 1 saturated heterocycles. The molecule has 2 unspecified atom stereocenters. The minimum Gasteiger partial charge on any atom is -0.501 e. The van der Waals surface area contributed by atoms with Crippen molar-refractivity contribution >= 4 is 64.6 Å². The predicted octanol–water partition coefficient (Wildman–Crippen LogP) is 9.33. The molecular formula is C46H56Cl3N4O4Ru-. The summed E-state index contributed by atoms with van der Waals surface area (Å²) in [6, 6.07) is 25.3. The fourth-order valence-corrected chi connectivity index (χ4v) is 9.37. The van der Waals surface area contributed by atoms with Gasteiger partial charge in [-0.25, -0.2) is 0 Å². The Bertz CT molecular complexity index is 2030. The van der Waals surface area contributed by atoms with Crippen molar-refractivity contribution in [2.45, 2.75) is 92.8 Å². The fourth-order valence-electron chi connectivity index (χ4n) is 7.38. The molecule has 1 aliphatic heterocycles. The second kappa shape index (κ2) is 22.6. The molecule has 314 valence electrons. The molecule has 0 aliphatic carbocycles. The summed E-state index contributed by atoms with van der Waals surface area (Å²) in [7, 11) is 11.6. The molecule has 1 aliphatic rings. The average Bonchev–Trinajstić information content (AvgIpc) is 3.55. The van der Waals surface area contributed by atoms with Crippen LogP contribution in [0.5, 0.6) is 5.75 Å². The van der Waals surface area contributed by atoms with Crippen molar-refractivity contribution in [3.63, 3.8) is 0 Å². The van der Waals surface area contributed by atoms with Crippen molar-refractivity contribution in [3.05, 3.63) is 130 Å². The van der Waals surface area contributed by atoms with E-state index >= 15 is 0 Å². The van der Waals surface area contributed by atoms with Crippen LogP contribution in [0, 0.1) is 48.2 Å². The topological polar surface area (TPSA) is 91.0 Å². The first-order chi connectivity index (χ1) is 27.6. The summed E-state index contributed by atoms with van der Waals surface area (Å²) in [5.41, 5.74) is 11.5. The predicted molar refractivity (Wildman–Crippen MR) is 238 cm³/mol. The minimum absolute atomic E-state index is 0.00965. The number of Topliss-reactive ketones (excluding diaryl/α,β-unsaturated/α-hetero) is 1. The smallest absolute Gasteiger partial charge is 0.221 e. The van der Waals surface area contributed by atoms with Gasteiger partial charge < -0.3 is 20.4 Å². The van der Waals surface area contributed by atoms with Crippen LogP contribution >= 0.6 is 31.0 Å². The van der Waals surface area contributed by atoms with E-state index in [9.17, 15) is 14.4 Å². The maximum Gasteiger partial charge on any atom is 0.221 e. The number of anilines is 2. The molecule has 12 heteroatoms. The van der Waals surface area contributed by atoms with Crippen LogP contribution in [0.3, 0.4) is 0 Å². The zero-order valence-corrected chi connectivity index (χ0v) is 38.7. The fraction of sp³-hybridized carbons (Fsp3) is 0.370. The van der Waals surface area contributed by atoms with Gasteiger partial charge in [-0.2, -0.15) is 6.67 Å². The zero-order chi connectivity index (χ0) is 42.5. The van der Waals surface area contributed by atoms with E-state index in [-0.39, 0.29) is 48.5 Å². The summed E-state index contributed by atoms with van der Waals surface area (Å²) in [6.45, 7) is 20.0. The number of nitrogens with one attached hydrogen (secondary N) is 2. The minimum atomic E-state index is -1.77. The molecule has 8 nitrogen and oxygen atoms in total. The summed E-state index contributed by atoms with van der Waals surface area (Å²) >= 11 is 4.04. The van der Waals surface area contributed by atoms with Gasteiger partial charge in [-0.15, -0.1) is 11.6 Å². The van der Waals surface area contributed by atoms with E-state index in [4.69, 9.17) is 35.7 Å². The molecule has 1 fully saturated rings. The van der Waals surface area contributed by atoms with Crippen LogP contribution < -0.4 is 25.2 Å². The third-order valence-corrected chi connectivity index (χ3v) is 11.7. The van der Waals surface area contributed by atoms with Crippen molar-refractivity contribution in [2.75, 3.05) is 28.8 Å². The molecule has 2 N–H and O–H groups in total. The number of para-hydroxylation sites is 1. The largest absolute Gasteiger partial charge is 0.501 e. The van der Waals surface area contributed by atoms with E-state index in [1.807, 2.05) is 73.1 Å². The standard InChI is InChI=1S/C36H44ClN4O3.C10H12O.2ClH.Ru/c1-23-14-25(3)35(26(4)15-23)40-21-30(41(22-40)36-27(5)16-24(2)17-28(36)6)20-38-33(43)12-13-34(44)39-31(32(42)19-37)18-29-10-8-7-9-11-29;1-8(2)11-10-7-5-4-6-9(10)3;;;/h7-11,14-17,22,30-31H,12-13,18-21H2,1-6H3,(H,38,43)(H,39,44);3-8H,1-2H3;2*1H;/q-1;;;;+2/p-2. The van der Waals surface area contributed by atoms with Gasteiger partial charge in [0.2, 0.25) is 11.8 Å². The van der Waals surface area contributed by atoms with E-state index in [2.05, 4.69) is 92.9 Å². The Kier molecular flexibility index (Phi) is 18.3. The Labute approximate surface area is 363 Å². The second-order valence-corrected chi connectivity index (χ2v) is 21.0. The van der Waals surface area contributed by atoms with Crippen LogP contribution in [0.1, 0.15) is 71.2 Å². The van der Waals surface area contributed by atoms with Crippen molar-refractivity contribution in [3.8, 4) is 5.75 Å². The third-order valence-electron chi connectivity index (χ3n) is 9.60. The third kappa shape index (κ3) is 13.9. The van der Waals surface area contributed by atoms with Gasteiger partial charge in [0.05, 0.1) is 11.9 Å². The molecule has 2 amide bonds. The first-order valence-electron chi connectivity index (χ1n) is 19.4. The number of amides is 2. The number of hydrogen-bond donors (Lipinski definition) is 2. The van der Waals surface area contributed by atoms with Gasteiger partial charge in [0.1, 0.15) is 0 Å². The van der Waals surface area contributed by atoms with E-state index in [1.165, 1.54) is 39.1 Å². The van der Waals surface area contributed by atoms with Gasteiger partial charge in [0.15, 0.2) is 5.78 Å². The maximum absolute atomic E-state index is 13.0. The van der Waals surface area contributed by atoms with E-state index < -0.39 is 19.6 Å². The monoisotopic (exact) mass is 935 g/mol. The number of aryl methyl sites for hydroxylation is 6. The van der Waals surface area contributed by atoms with Crippen LogP contribution in [-0.2, 0) is 34.3 Å². The molecular weight excluding hydrogens is 880 g/mol. The molecule has 4 aromatic carbocycles. The van der Waals surface area contributed by atoms with Crippen LogP contribution in [0.15, 0.2) is 78.9 Å². The van der Waals surface area contributed by atoms with Crippen molar-refractivity contribution in [1.82, 2.24) is 10.6 Å². The van der Waals surface area contributed by atoms with Crippen LogP contribution in [0.2, 0.25) is 0 Å². The van der Waals surface area contributed by atoms with E-state index in [1.54, 1.807) is 0 Å².